The maximum Gasteiger partial charge on any atom is 0.253 e. The molecule has 0 unspecified atom stereocenters. The predicted molar refractivity (Wildman–Crippen MR) is 52.9 cm³/mol. The molecule has 4 heteroatoms. The van der Waals surface area contributed by atoms with E-state index in [9.17, 15) is 4.79 Å². The van der Waals surface area contributed by atoms with Crippen LogP contribution in [0.15, 0.2) is 24.3 Å². The third kappa shape index (κ3) is 4.51. The van der Waals surface area contributed by atoms with Gasteiger partial charge in [0.1, 0.15) is 0 Å². The Bertz CT molecular complexity index is 331. The van der Waals surface area contributed by atoms with Gasteiger partial charge in [0.25, 0.3) is 5.24 Å². The van der Waals surface area contributed by atoms with Crippen LogP contribution in [0, 0.1) is 11.3 Å². The number of rotatable bonds is 1. The predicted octanol–water partition coefficient (Wildman–Crippen LogP) is 3.25. The normalized spacial score (nSPS) is 7.85. The molecule has 1 aromatic carbocycles. The second-order valence-corrected chi connectivity index (χ2v) is 2.73. The summed E-state index contributed by atoms with van der Waals surface area (Å²) in [5, 5.41) is 7.19. The first-order chi connectivity index (χ1) is 6.13. The van der Waals surface area contributed by atoms with Crippen LogP contribution >= 0.6 is 23.2 Å². The summed E-state index contributed by atoms with van der Waals surface area (Å²) in [4.78, 5) is 10.5. The summed E-state index contributed by atoms with van der Waals surface area (Å²) in [6.07, 6.45) is 0. The van der Waals surface area contributed by atoms with Crippen molar-refractivity contribution in [3.63, 3.8) is 0 Å². The number of carbonyl (C=O) groups is 1. The van der Waals surface area contributed by atoms with Gasteiger partial charge in [-0.1, -0.05) is 23.7 Å². The Morgan fingerprint density at radius 2 is 1.92 bits per heavy atom. The van der Waals surface area contributed by atoms with E-state index < -0.39 is 5.24 Å². The van der Waals surface area contributed by atoms with Gasteiger partial charge < -0.3 is 0 Å². The zero-order valence-corrected chi connectivity index (χ0v) is 8.43. The van der Waals surface area contributed by atoms with Gasteiger partial charge in [-0.2, -0.15) is 5.26 Å². The largest absolute Gasteiger partial charge is 0.276 e. The van der Waals surface area contributed by atoms with Gasteiger partial charge in [-0.05, 0) is 23.7 Å². The number of nitriles is 1. The fourth-order valence-corrected chi connectivity index (χ4v) is 1.06. The molecule has 0 amide bonds. The first-order valence-electron chi connectivity index (χ1n) is 3.38. The van der Waals surface area contributed by atoms with Crippen molar-refractivity contribution in [2.24, 2.45) is 0 Å². The highest BCUT2D eigenvalue weighted by Crippen LogP contribution is 2.16. The second kappa shape index (κ2) is 6.47. The highest BCUT2D eigenvalue weighted by Gasteiger charge is 2.03. The van der Waals surface area contributed by atoms with Gasteiger partial charge in [-0.15, -0.1) is 0 Å². The van der Waals surface area contributed by atoms with Crippen molar-refractivity contribution in [2.75, 3.05) is 0 Å². The van der Waals surface area contributed by atoms with Crippen LogP contribution in [0.3, 0.4) is 0 Å². The summed E-state index contributed by atoms with van der Waals surface area (Å²) in [6.45, 7) is 1.43. The number of benzene rings is 1. The lowest BCUT2D eigenvalue weighted by Crippen LogP contribution is -1.87. The molecule has 0 aliphatic rings. The van der Waals surface area contributed by atoms with Crippen molar-refractivity contribution in [3.05, 3.63) is 34.9 Å². The van der Waals surface area contributed by atoms with E-state index in [0.29, 0.717) is 10.6 Å². The minimum atomic E-state index is -0.523. The van der Waals surface area contributed by atoms with Crippen LogP contribution < -0.4 is 0 Å². The molecule has 0 saturated heterocycles. The molecular formula is C9H7Cl2NO. The van der Waals surface area contributed by atoms with Crippen molar-refractivity contribution in [2.45, 2.75) is 6.92 Å². The van der Waals surface area contributed by atoms with E-state index in [1.54, 1.807) is 30.3 Å². The minimum absolute atomic E-state index is 0.353. The minimum Gasteiger partial charge on any atom is -0.276 e. The van der Waals surface area contributed by atoms with Gasteiger partial charge in [0.15, 0.2) is 0 Å². The molecule has 0 radical (unpaired) electrons. The van der Waals surface area contributed by atoms with Gasteiger partial charge in [0.2, 0.25) is 0 Å². The molecule has 0 saturated carbocycles. The molecule has 68 valence electrons. The van der Waals surface area contributed by atoms with E-state index in [0.717, 1.165) is 0 Å². The number of halogens is 2. The molecule has 2 nitrogen and oxygen atoms in total. The van der Waals surface area contributed by atoms with Gasteiger partial charge in [-0.3, -0.25) is 4.79 Å². The molecule has 0 heterocycles. The number of hydrogen-bond donors (Lipinski definition) is 0. The quantitative estimate of drug-likeness (QED) is 0.676. The summed E-state index contributed by atoms with van der Waals surface area (Å²) >= 11 is 10.8. The number of nitrogens with zero attached hydrogens (tertiary/aromatic N) is 1. The Balaban J connectivity index is 0.000000424. The molecule has 0 spiro atoms. The van der Waals surface area contributed by atoms with Crippen molar-refractivity contribution in [1.82, 2.24) is 0 Å². The van der Waals surface area contributed by atoms with Crippen molar-refractivity contribution in [1.29, 1.82) is 5.26 Å². The molecule has 0 bridgehead atoms. The van der Waals surface area contributed by atoms with Crippen LogP contribution in [0.2, 0.25) is 5.02 Å². The van der Waals surface area contributed by atoms with Gasteiger partial charge in [0.05, 0.1) is 16.7 Å². The van der Waals surface area contributed by atoms with Gasteiger partial charge in [-0.25, -0.2) is 0 Å². The fourth-order valence-electron chi connectivity index (χ4n) is 0.621. The average Bonchev–Trinajstić information content (AvgIpc) is 2.06. The van der Waals surface area contributed by atoms with Gasteiger partial charge in [0, 0.05) is 6.92 Å². The Labute approximate surface area is 86.7 Å². The monoisotopic (exact) mass is 215 g/mol. The van der Waals surface area contributed by atoms with E-state index in [1.807, 2.05) is 0 Å². The summed E-state index contributed by atoms with van der Waals surface area (Å²) in [6, 6.07) is 8.40. The molecule has 1 rings (SSSR count). The van der Waals surface area contributed by atoms with Crippen LogP contribution in [0.5, 0.6) is 0 Å². The van der Waals surface area contributed by atoms with E-state index in [4.69, 9.17) is 28.5 Å². The summed E-state index contributed by atoms with van der Waals surface area (Å²) < 4.78 is 0. The molecule has 13 heavy (non-hydrogen) atoms. The molecule has 0 aromatic heterocycles. The Morgan fingerprint density at radius 3 is 2.23 bits per heavy atom. The first kappa shape index (κ1) is 12.0. The van der Waals surface area contributed by atoms with Crippen LogP contribution in [0.1, 0.15) is 17.3 Å². The molecular weight excluding hydrogens is 209 g/mol. The third-order valence-electron chi connectivity index (χ3n) is 1.09. The standard InChI is InChI=1S/C7H4Cl2O.C2H3N/c8-6-4-2-1-3-5(6)7(9)10;1-2-3/h1-4H;1H3. The molecule has 0 aliphatic heterocycles. The summed E-state index contributed by atoms with van der Waals surface area (Å²) in [7, 11) is 0. The number of carbonyl (C=O) groups excluding carboxylic acids is 1. The second-order valence-electron chi connectivity index (χ2n) is 1.98. The van der Waals surface area contributed by atoms with Crippen LogP contribution in [0.4, 0.5) is 0 Å². The fraction of sp³-hybridized carbons (Fsp3) is 0.111. The van der Waals surface area contributed by atoms with E-state index in [-0.39, 0.29) is 0 Å². The van der Waals surface area contributed by atoms with Crippen LogP contribution in [0.25, 0.3) is 0 Å². The maximum absolute atomic E-state index is 10.5. The lowest BCUT2D eigenvalue weighted by Gasteiger charge is -1.93. The SMILES string of the molecule is CC#N.O=C(Cl)c1ccccc1Cl. The summed E-state index contributed by atoms with van der Waals surface area (Å²) in [5.74, 6) is 0. The smallest absolute Gasteiger partial charge is 0.253 e. The topological polar surface area (TPSA) is 40.9 Å². The highest BCUT2D eigenvalue weighted by molar-refractivity contribution is 6.68. The maximum atomic E-state index is 10.5. The summed E-state index contributed by atoms with van der Waals surface area (Å²) in [5.41, 5.74) is 0.353. The number of hydrogen-bond acceptors (Lipinski definition) is 2. The lowest BCUT2D eigenvalue weighted by molar-refractivity contribution is 0.108. The lowest BCUT2D eigenvalue weighted by atomic mass is 10.2. The van der Waals surface area contributed by atoms with Crippen molar-refractivity contribution < 1.29 is 4.79 Å². The Kier molecular flexibility index (Phi) is 5.96. The van der Waals surface area contributed by atoms with Gasteiger partial charge >= 0.3 is 0 Å². The molecule has 0 aliphatic carbocycles. The first-order valence-corrected chi connectivity index (χ1v) is 4.14. The molecule has 1 aromatic rings. The Hall–Kier alpha value is -1.04. The zero-order valence-electron chi connectivity index (χ0n) is 6.92. The van der Waals surface area contributed by atoms with Crippen molar-refractivity contribution in [3.8, 4) is 6.07 Å². The van der Waals surface area contributed by atoms with Crippen LogP contribution in [-0.2, 0) is 0 Å². The molecule has 0 fully saturated rings. The highest BCUT2D eigenvalue weighted by atomic mass is 35.5. The zero-order chi connectivity index (χ0) is 10.3. The third-order valence-corrected chi connectivity index (χ3v) is 1.62. The Morgan fingerprint density at radius 1 is 1.46 bits per heavy atom. The van der Waals surface area contributed by atoms with E-state index in [2.05, 4.69) is 0 Å². The van der Waals surface area contributed by atoms with Crippen LogP contribution in [-0.4, -0.2) is 5.24 Å². The average molecular weight is 216 g/mol. The van der Waals surface area contributed by atoms with E-state index in [1.165, 1.54) is 6.92 Å². The molecule has 0 N–H and O–H groups in total. The van der Waals surface area contributed by atoms with E-state index >= 15 is 0 Å². The molecule has 0 atom stereocenters. The van der Waals surface area contributed by atoms with Crippen molar-refractivity contribution >= 4 is 28.4 Å².